The van der Waals surface area contributed by atoms with Crippen molar-refractivity contribution >= 4 is 11.5 Å². The summed E-state index contributed by atoms with van der Waals surface area (Å²) in [5.41, 5.74) is 0.298. The molecule has 0 unspecified atom stereocenters. The minimum Gasteiger partial charge on any atom is -0.385 e. The standard InChI is InChI=1S/C13H15NO6/c1-13(2)19-7-10(15)12(20-13)11(16)8-3-5-9(6-4-8)14(17)18/h3-6,11-12,16H,7H2,1-2H3/t11-,12+/m0/s1. The largest absolute Gasteiger partial charge is 0.385 e. The average Bonchev–Trinajstić information content (AvgIpc) is 2.41. The van der Waals surface area contributed by atoms with Crippen LogP contribution in [0.25, 0.3) is 0 Å². The first-order chi connectivity index (χ1) is 9.30. The number of rotatable bonds is 3. The van der Waals surface area contributed by atoms with Gasteiger partial charge >= 0.3 is 0 Å². The number of hydrogen-bond acceptors (Lipinski definition) is 6. The van der Waals surface area contributed by atoms with Crippen LogP contribution in [0.15, 0.2) is 24.3 Å². The third kappa shape index (κ3) is 3.01. The summed E-state index contributed by atoms with van der Waals surface area (Å²) in [5.74, 6) is -1.32. The summed E-state index contributed by atoms with van der Waals surface area (Å²) in [7, 11) is 0. The third-order valence-corrected chi connectivity index (χ3v) is 3.02. The fourth-order valence-corrected chi connectivity index (χ4v) is 1.94. The van der Waals surface area contributed by atoms with Crippen molar-refractivity contribution in [3.05, 3.63) is 39.9 Å². The van der Waals surface area contributed by atoms with Crippen molar-refractivity contribution in [1.82, 2.24) is 0 Å². The molecule has 1 aliphatic heterocycles. The summed E-state index contributed by atoms with van der Waals surface area (Å²) in [5, 5.41) is 20.8. The number of non-ortho nitro benzene ring substituents is 1. The van der Waals surface area contributed by atoms with Crippen LogP contribution in [0.3, 0.4) is 0 Å². The summed E-state index contributed by atoms with van der Waals surface area (Å²) < 4.78 is 10.6. The van der Waals surface area contributed by atoms with E-state index in [-0.39, 0.29) is 18.1 Å². The van der Waals surface area contributed by atoms with Gasteiger partial charge in [0, 0.05) is 12.1 Å². The lowest BCUT2D eigenvalue weighted by Gasteiger charge is -2.36. The Hall–Kier alpha value is -1.83. The second kappa shape index (κ2) is 5.28. The number of nitro groups is 1. The molecule has 0 spiro atoms. The van der Waals surface area contributed by atoms with Crippen molar-refractivity contribution in [3.8, 4) is 0 Å². The van der Waals surface area contributed by atoms with Crippen molar-refractivity contribution in [2.75, 3.05) is 6.61 Å². The Morgan fingerprint density at radius 1 is 1.40 bits per heavy atom. The summed E-state index contributed by atoms with van der Waals surface area (Å²) in [6.07, 6.45) is -2.23. The van der Waals surface area contributed by atoms with Crippen LogP contribution in [0.4, 0.5) is 5.69 Å². The van der Waals surface area contributed by atoms with Crippen LogP contribution in [-0.2, 0) is 14.3 Å². The van der Waals surface area contributed by atoms with Crippen molar-refractivity contribution in [2.45, 2.75) is 31.8 Å². The van der Waals surface area contributed by atoms with E-state index in [9.17, 15) is 20.0 Å². The third-order valence-electron chi connectivity index (χ3n) is 3.02. The number of carbonyl (C=O) groups is 1. The van der Waals surface area contributed by atoms with Gasteiger partial charge in [0.05, 0.1) is 4.92 Å². The van der Waals surface area contributed by atoms with Gasteiger partial charge in [0.15, 0.2) is 17.7 Å². The van der Waals surface area contributed by atoms with E-state index in [1.54, 1.807) is 13.8 Å². The van der Waals surface area contributed by atoms with Crippen molar-refractivity contribution in [3.63, 3.8) is 0 Å². The zero-order chi connectivity index (χ0) is 14.9. The molecule has 0 amide bonds. The van der Waals surface area contributed by atoms with Gasteiger partial charge in [-0.3, -0.25) is 14.9 Å². The molecule has 1 aromatic carbocycles. The van der Waals surface area contributed by atoms with Gasteiger partial charge < -0.3 is 14.6 Å². The minimum atomic E-state index is -1.19. The van der Waals surface area contributed by atoms with E-state index in [0.717, 1.165) is 0 Å². The Balaban J connectivity index is 2.19. The van der Waals surface area contributed by atoms with Crippen LogP contribution in [0.5, 0.6) is 0 Å². The molecule has 2 atom stereocenters. The predicted molar refractivity (Wildman–Crippen MR) is 68.0 cm³/mol. The fraction of sp³-hybridized carbons (Fsp3) is 0.462. The van der Waals surface area contributed by atoms with Crippen LogP contribution in [0, 0.1) is 10.1 Å². The van der Waals surface area contributed by atoms with Crippen LogP contribution in [0.1, 0.15) is 25.5 Å². The SMILES string of the molecule is CC1(C)OCC(=O)[C@H]([C@@H](O)c2ccc([N+](=O)[O-])cc2)O1. The van der Waals surface area contributed by atoms with E-state index in [1.807, 2.05) is 0 Å². The molecule has 0 bridgehead atoms. The Labute approximate surface area is 115 Å². The molecule has 1 aliphatic rings. The lowest BCUT2D eigenvalue weighted by atomic mass is 10.00. The summed E-state index contributed by atoms with van der Waals surface area (Å²) in [6.45, 7) is 3.16. The van der Waals surface area contributed by atoms with E-state index in [2.05, 4.69) is 0 Å². The van der Waals surface area contributed by atoms with E-state index in [1.165, 1.54) is 24.3 Å². The molecular weight excluding hydrogens is 266 g/mol. The summed E-state index contributed by atoms with van der Waals surface area (Å²) in [4.78, 5) is 21.8. The molecule has 1 saturated heterocycles. The maximum Gasteiger partial charge on any atom is 0.269 e. The van der Waals surface area contributed by atoms with Crippen LogP contribution < -0.4 is 0 Å². The van der Waals surface area contributed by atoms with Crippen LogP contribution in [0.2, 0.25) is 0 Å². The number of nitro benzene ring substituents is 1. The molecule has 1 aromatic rings. The number of aliphatic hydroxyl groups is 1. The number of hydrogen-bond donors (Lipinski definition) is 1. The number of carbonyl (C=O) groups excluding carboxylic acids is 1. The first-order valence-electron chi connectivity index (χ1n) is 6.07. The highest BCUT2D eigenvalue weighted by Crippen LogP contribution is 2.29. The van der Waals surface area contributed by atoms with Gasteiger partial charge in [-0.05, 0) is 31.5 Å². The zero-order valence-electron chi connectivity index (χ0n) is 11.1. The van der Waals surface area contributed by atoms with Crippen molar-refractivity contribution in [1.29, 1.82) is 0 Å². The van der Waals surface area contributed by atoms with Gasteiger partial charge in [0.25, 0.3) is 5.69 Å². The Morgan fingerprint density at radius 2 is 2.00 bits per heavy atom. The molecule has 0 radical (unpaired) electrons. The quantitative estimate of drug-likeness (QED) is 0.663. The molecule has 2 rings (SSSR count). The fourth-order valence-electron chi connectivity index (χ4n) is 1.94. The van der Waals surface area contributed by atoms with E-state index in [0.29, 0.717) is 5.56 Å². The Morgan fingerprint density at radius 3 is 2.55 bits per heavy atom. The lowest BCUT2D eigenvalue weighted by molar-refractivity contribution is -0.384. The van der Waals surface area contributed by atoms with Crippen LogP contribution >= 0.6 is 0 Å². The summed E-state index contributed by atoms with van der Waals surface area (Å²) in [6, 6.07) is 5.35. The molecule has 20 heavy (non-hydrogen) atoms. The molecule has 1 N–H and O–H groups in total. The van der Waals surface area contributed by atoms with Gasteiger partial charge in [-0.2, -0.15) is 0 Å². The number of aliphatic hydroxyl groups excluding tert-OH is 1. The van der Waals surface area contributed by atoms with Crippen LogP contribution in [-0.4, -0.2) is 34.3 Å². The van der Waals surface area contributed by atoms with Gasteiger partial charge in [-0.25, -0.2) is 0 Å². The van der Waals surface area contributed by atoms with Gasteiger partial charge in [0.1, 0.15) is 12.7 Å². The molecule has 108 valence electrons. The molecule has 0 aromatic heterocycles. The number of ketones is 1. The van der Waals surface area contributed by atoms with Crippen molar-refractivity contribution < 1.29 is 24.3 Å². The van der Waals surface area contributed by atoms with E-state index in [4.69, 9.17) is 9.47 Å². The first-order valence-corrected chi connectivity index (χ1v) is 6.07. The molecule has 7 nitrogen and oxygen atoms in total. The maximum atomic E-state index is 11.8. The molecule has 1 heterocycles. The maximum absolute atomic E-state index is 11.8. The number of benzene rings is 1. The van der Waals surface area contributed by atoms with E-state index >= 15 is 0 Å². The molecule has 0 aliphatic carbocycles. The molecular formula is C13H15NO6. The summed E-state index contributed by atoms with van der Waals surface area (Å²) >= 11 is 0. The Bertz CT molecular complexity index is 524. The average molecular weight is 281 g/mol. The lowest BCUT2D eigenvalue weighted by Crippen LogP contribution is -2.48. The number of Topliss-reactive ketones (excluding diaryl/α,β-unsaturated/α-hetero) is 1. The Kier molecular flexibility index (Phi) is 3.85. The highest BCUT2D eigenvalue weighted by molar-refractivity contribution is 5.85. The predicted octanol–water partition coefficient (Wildman–Crippen LogP) is 1.35. The number of ether oxygens (including phenoxy) is 2. The highest BCUT2D eigenvalue weighted by Gasteiger charge is 2.39. The highest BCUT2D eigenvalue weighted by atomic mass is 16.7. The molecule has 1 fully saturated rings. The molecule has 7 heteroatoms. The first kappa shape index (κ1) is 14.6. The monoisotopic (exact) mass is 281 g/mol. The second-order valence-corrected chi connectivity index (χ2v) is 4.99. The normalized spacial score (nSPS) is 23.4. The van der Waals surface area contributed by atoms with Gasteiger partial charge in [-0.1, -0.05) is 0 Å². The minimum absolute atomic E-state index is 0.0829. The topological polar surface area (TPSA) is 98.9 Å². The number of nitrogens with zero attached hydrogens (tertiary/aromatic N) is 1. The molecule has 0 saturated carbocycles. The second-order valence-electron chi connectivity index (χ2n) is 4.99. The van der Waals surface area contributed by atoms with Gasteiger partial charge in [-0.15, -0.1) is 0 Å². The van der Waals surface area contributed by atoms with Gasteiger partial charge in [0.2, 0.25) is 0 Å². The smallest absolute Gasteiger partial charge is 0.269 e. The van der Waals surface area contributed by atoms with E-state index < -0.39 is 22.9 Å². The zero-order valence-corrected chi connectivity index (χ0v) is 11.1. The van der Waals surface area contributed by atoms with Crippen molar-refractivity contribution in [2.24, 2.45) is 0 Å².